The molecule has 1 fully saturated rings. The van der Waals surface area contributed by atoms with Crippen molar-refractivity contribution in [2.45, 2.75) is 70.4 Å². The minimum Gasteiger partial charge on any atom is -0.465 e. The number of hydrogen-bond acceptors (Lipinski definition) is 7. The number of nitrogen functional groups attached to an aromatic ring is 1. The molecule has 0 radical (unpaired) electrons. The second-order valence-electron chi connectivity index (χ2n) is 10.8. The molecule has 42 heavy (non-hydrogen) atoms. The lowest BCUT2D eigenvalue weighted by atomic mass is 9.95. The number of nitrogens with one attached hydrogen (secondary N) is 1. The highest BCUT2D eigenvalue weighted by Gasteiger charge is 2.17. The lowest BCUT2D eigenvalue weighted by Crippen LogP contribution is -2.30. The average molecular weight is 636 g/mol. The van der Waals surface area contributed by atoms with Crippen molar-refractivity contribution in [1.82, 2.24) is 5.32 Å². The van der Waals surface area contributed by atoms with E-state index in [1.54, 1.807) is 24.3 Å². The summed E-state index contributed by atoms with van der Waals surface area (Å²) in [6.07, 6.45) is 7.68. The molecule has 0 spiro atoms. The van der Waals surface area contributed by atoms with Crippen LogP contribution in [0.25, 0.3) is 0 Å². The Balaban J connectivity index is 1.15. The van der Waals surface area contributed by atoms with Gasteiger partial charge in [0.1, 0.15) is 0 Å². The Kier molecular flexibility index (Phi) is 12.1. The summed E-state index contributed by atoms with van der Waals surface area (Å²) in [7, 11) is 0. The second-order valence-corrected chi connectivity index (χ2v) is 11.6. The van der Waals surface area contributed by atoms with Gasteiger partial charge >= 0.3 is 11.9 Å². The quantitative estimate of drug-likeness (QED) is 0.0890. The maximum absolute atomic E-state index is 12.7. The lowest BCUT2D eigenvalue weighted by molar-refractivity contribution is -0.143. The van der Waals surface area contributed by atoms with Gasteiger partial charge in [0.2, 0.25) is 0 Å². The van der Waals surface area contributed by atoms with Gasteiger partial charge in [0.05, 0.1) is 30.9 Å². The van der Waals surface area contributed by atoms with Gasteiger partial charge < -0.3 is 20.5 Å². The van der Waals surface area contributed by atoms with Crippen molar-refractivity contribution >= 4 is 39.3 Å². The van der Waals surface area contributed by atoms with Gasteiger partial charge in [-0.3, -0.25) is 9.59 Å². The van der Waals surface area contributed by atoms with Crippen LogP contribution in [0.1, 0.15) is 82.4 Å². The number of ketones is 1. The number of unbranched alkanes of at least 4 members (excludes halogenated alkanes) is 1. The standard InChI is InChI=1S/C34H39BrN2O5/c35-30-22-27(21-28(33(30)36)23-37-29-14-5-2-6-15-29)34(40)42-17-8-7-16-41-32(39)20-25-11-9-10-24(18-25)19-31(38)26-12-3-1-4-13-26/h1,3-4,9-13,18,21-22,29,37H,2,5-8,14-17,19-20,23,36H2. The predicted octanol–water partition coefficient (Wildman–Crippen LogP) is 6.60. The summed E-state index contributed by atoms with van der Waals surface area (Å²) in [6.45, 7) is 1.08. The maximum atomic E-state index is 12.7. The molecule has 0 unspecified atom stereocenters. The van der Waals surface area contributed by atoms with E-state index in [0.717, 1.165) is 16.7 Å². The van der Waals surface area contributed by atoms with Crippen LogP contribution in [0.2, 0.25) is 0 Å². The van der Waals surface area contributed by atoms with Crippen molar-refractivity contribution in [3.8, 4) is 0 Å². The van der Waals surface area contributed by atoms with Crippen LogP contribution in [0.5, 0.6) is 0 Å². The van der Waals surface area contributed by atoms with Crippen LogP contribution in [0.3, 0.4) is 0 Å². The van der Waals surface area contributed by atoms with Crippen LogP contribution < -0.4 is 11.1 Å². The first-order chi connectivity index (χ1) is 20.4. The minimum absolute atomic E-state index is 0.0344. The van der Waals surface area contributed by atoms with Crippen LogP contribution in [0.4, 0.5) is 5.69 Å². The van der Waals surface area contributed by atoms with Crippen molar-refractivity contribution in [3.05, 3.63) is 99.0 Å². The lowest BCUT2D eigenvalue weighted by Gasteiger charge is -2.23. The number of anilines is 1. The Morgan fingerprint density at radius 3 is 2.24 bits per heavy atom. The number of benzene rings is 3. The zero-order valence-electron chi connectivity index (χ0n) is 23.9. The zero-order valence-corrected chi connectivity index (χ0v) is 25.5. The van der Waals surface area contributed by atoms with E-state index in [4.69, 9.17) is 15.2 Å². The van der Waals surface area contributed by atoms with Crippen LogP contribution in [0, 0.1) is 0 Å². The van der Waals surface area contributed by atoms with E-state index in [2.05, 4.69) is 21.2 Å². The molecule has 8 heteroatoms. The molecule has 1 aliphatic carbocycles. The SMILES string of the molecule is Nc1c(Br)cc(C(=O)OCCCCOC(=O)Cc2cccc(CC(=O)c3ccccc3)c2)cc1CNC1CCCCC1. The summed E-state index contributed by atoms with van der Waals surface area (Å²) in [5, 5.41) is 3.57. The van der Waals surface area contributed by atoms with Crippen molar-refractivity contribution in [3.63, 3.8) is 0 Å². The van der Waals surface area contributed by atoms with Gasteiger partial charge in [-0.05, 0) is 70.4 Å². The molecule has 0 saturated heterocycles. The molecule has 7 nitrogen and oxygen atoms in total. The van der Waals surface area contributed by atoms with Gasteiger partial charge in [0, 0.05) is 29.0 Å². The molecular weight excluding hydrogens is 596 g/mol. The maximum Gasteiger partial charge on any atom is 0.338 e. The largest absolute Gasteiger partial charge is 0.465 e. The van der Waals surface area contributed by atoms with E-state index in [1.165, 1.54) is 32.1 Å². The summed E-state index contributed by atoms with van der Waals surface area (Å²) in [4.78, 5) is 37.5. The third kappa shape index (κ3) is 9.81. The topological polar surface area (TPSA) is 108 Å². The van der Waals surface area contributed by atoms with Crippen molar-refractivity contribution in [1.29, 1.82) is 0 Å². The number of halogens is 1. The van der Waals surface area contributed by atoms with Gasteiger partial charge in [-0.2, -0.15) is 0 Å². The Hall–Kier alpha value is -3.49. The molecule has 1 aliphatic rings. The van der Waals surface area contributed by atoms with E-state index in [-0.39, 0.29) is 37.8 Å². The minimum atomic E-state index is -0.405. The number of Topliss-reactive ketones (excluding diaryl/α,β-unsaturated/α-hetero) is 1. The highest BCUT2D eigenvalue weighted by atomic mass is 79.9. The van der Waals surface area contributed by atoms with Crippen LogP contribution >= 0.6 is 15.9 Å². The van der Waals surface area contributed by atoms with E-state index < -0.39 is 5.97 Å². The number of rotatable bonds is 14. The fourth-order valence-electron chi connectivity index (χ4n) is 5.12. The number of ether oxygens (including phenoxy) is 2. The van der Waals surface area contributed by atoms with E-state index in [9.17, 15) is 14.4 Å². The van der Waals surface area contributed by atoms with Crippen molar-refractivity contribution in [2.75, 3.05) is 18.9 Å². The first kappa shape index (κ1) is 31.4. The third-order valence-corrected chi connectivity index (χ3v) is 8.13. The van der Waals surface area contributed by atoms with Gasteiger partial charge in [-0.15, -0.1) is 0 Å². The molecule has 0 amide bonds. The van der Waals surface area contributed by atoms with Gasteiger partial charge in [-0.1, -0.05) is 73.9 Å². The molecule has 0 heterocycles. The van der Waals surface area contributed by atoms with Gasteiger partial charge in [0.25, 0.3) is 0 Å². The monoisotopic (exact) mass is 634 g/mol. The van der Waals surface area contributed by atoms with E-state index in [0.29, 0.717) is 46.7 Å². The number of carbonyl (C=O) groups is 3. The fraction of sp³-hybridized carbons (Fsp3) is 0.382. The Morgan fingerprint density at radius 2 is 1.50 bits per heavy atom. The molecule has 4 rings (SSSR count). The van der Waals surface area contributed by atoms with E-state index >= 15 is 0 Å². The summed E-state index contributed by atoms with van der Waals surface area (Å²) < 4.78 is 11.5. The Morgan fingerprint density at radius 1 is 0.810 bits per heavy atom. The zero-order chi connectivity index (χ0) is 29.7. The summed E-state index contributed by atoms with van der Waals surface area (Å²) in [6, 6.07) is 20.6. The summed E-state index contributed by atoms with van der Waals surface area (Å²) in [5.74, 6) is -0.705. The Labute approximate surface area is 256 Å². The van der Waals surface area contributed by atoms with Gasteiger partial charge in [0.15, 0.2) is 5.78 Å². The average Bonchev–Trinajstić information content (AvgIpc) is 3.00. The number of nitrogens with two attached hydrogens (primary N) is 1. The van der Waals surface area contributed by atoms with Crippen LogP contribution in [-0.4, -0.2) is 37.0 Å². The Bertz CT molecular complexity index is 1360. The molecule has 3 N–H and O–H groups in total. The molecule has 3 aromatic rings. The third-order valence-electron chi connectivity index (χ3n) is 7.47. The molecule has 1 saturated carbocycles. The van der Waals surface area contributed by atoms with Gasteiger partial charge in [-0.25, -0.2) is 4.79 Å². The van der Waals surface area contributed by atoms with Crippen LogP contribution in [-0.2, 0) is 33.7 Å². The smallest absolute Gasteiger partial charge is 0.338 e. The van der Waals surface area contributed by atoms with Crippen molar-refractivity contribution in [2.24, 2.45) is 0 Å². The summed E-state index contributed by atoms with van der Waals surface area (Å²) >= 11 is 3.47. The second kappa shape index (κ2) is 16.2. The molecule has 0 aromatic heterocycles. The number of hydrogen-bond donors (Lipinski definition) is 2. The first-order valence-electron chi connectivity index (χ1n) is 14.7. The van der Waals surface area contributed by atoms with Crippen LogP contribution in [0.15, 0.2) is 71.2 Å². The molecule has 3 aromatic carbocycles. The highest BCUT2D eigenvalue weighted by molar-refractivity contribution is 9.10. The highest BCUT2D eigenvalue weighted by Crippen LogP contribution is 2.27. The predicted molar refractivity (Wildman–Crippen MR) is 167 cm³/mol. The fourth-order valence-corrected chi connectivity index (χ4v) is 5.62. The molecule has 0 atom stereocenters. The first-order valence-corrected chi connectivity index (χ1v) is 15.5. The number of esters is 2. The molecular formula is C34H39BrN2O5. The van der Waals surface area contributed by atoms with E-state index in [1.807, 2.05) is 42.5 Å². The normalized spacial score (nSPS) is 13.5. The number of carbonyl (C=O) groups excluding carboxylic acids is 3. The molecule has 0 bridgehead atoms. The molecule has 222 valence electrons. The molecule has 0 aliphatic heterocycles. The van der Waals surface area contributed by atoms with Crippen molar-refractivity contribution < 1.29 is 23.9 Å². The summed E-state index contributed by atoms with van der Waals surface area (Å²) in [5.41, 5.74) is 10.5.